The zero-order valence-corrected chi connectivity index (χ0v) is 16.4. The lowest BCUT2D eigenvalue weighted by Crippen LogP contribution is -2.44. The second-order valence-corrected chi connectivity index (χ2v) is 8.92. The van der Waals surface area contributed by atoms with Crippen molar-refractivity contribution in [1.29, 1.82) is 0 Å². The summed E-state index contributed by atoms with van der Waals surface area (Å²) in [6.45, 7) is 2.88. The van der Waals surface area contributed by atoms with Crippen molar-refractivity contribution in [1.82, 2.24) is 4.90 Å². The van der Waals surface area contributed by atoms with Gasteiger partial charge in [-0.1, -0.05) is 12.1 Å². The van der Waals surface area contributed by atoms with Crippen molar-refractivity contribution in [2.24, 2.45) is 0 Å². The van der Waals surface area contributed by atoms with Crippen molar-refractivity contribution in [2.75, 3.05) is 23.9 Å². The van der Waals surface area contributed by atoms with Crippen molar-refractivity contribution in [3.05, 3.63) is 29.8 Å². The van der Waals surface area contributed by atoms with Crippen molar-refractivity contribution in [3.8, 4) is 0 Å². The highest BCUT2D eigenvalue weighted by molar-refractivity contribution is 7.91. The monoisotopic (exact) mass is 396 g/mol. The number of amides is 2. The molecule has 1 N–H and O–H groups in total. The van der Waals surface area contributed by atoms with Gasteiger partial charge in [0.1, 0.15) is 0 Å². The number of esters is 1. The number of carbonyl (C=O) groups excluding carboxylic acids is 3. The van der Waals surface area contributed by atoms with Gasteiger partial charge in [0.15, 0.2) is 15.9 Å². The number of nitrogens with one attached hydrogen (secondary N) is 1. The molecule has 27 heavy (non-hydrogen) atoms. The molecule has 0 spiro atoms. The Morgan fingerprint density at radius 1 is 1.26 bits per heavy atom. The van der Waals surface area contributed by atoms with E-state index in [9.17, 15) is 22.8 Å². The summed E-state index contributed by atoms with van der Waals surface area (Å²) in [6.07, 6.45) is -0.616. The van der Waals surface area contributed by atoms with E-state index in [2.05, 4.69) is 5.32 Å². The Morgan fingerprint density at radius 3 is 2.41 bits per heavy atom. The van der Waals surface area contributed by atoms with E-state index in [0.717, 1.165) is 0 Å². The molecule has 1 aliphatic heterocycles. The quantitative estimate of drug-likeness (QED) is 0.711. The van der Waals surface area contributed by atoms with E-state index in [1.807, 2.05) is 0 Å². The van der Waals surface area contributed by atoms with Crippen LogP contribution in [0, 0.1) is 0 Å². The van der Waals surface area contributed by atoms with Crippen LogP contribution >= 0.6 is 0 Å². The summed E-state index contributed by atoms with van der Waals surface area (Å²) < 4.78 is 28.3. The molecule has 1 heterocycles. The van der Waals surface area contributed by atoms with E-state index in [-0.39, 0.29) is 29.9 Å². The number of rotatable bonds is 6. The molecular formula is C18H24N2O6S. The second kappa shape index (κ2) is 8.51. The van der Waals surface area contributed by atoms with E-state index in [4.69, 9.17) is 4.74 Å². The number of hydrogen-bond donors (Lipinski definition) is 1. The van der Waals surface area contributed by atoms with Gasteiger partial charge in [-0.15, -0.1) is 0 Å². The molecule has 148 valence electrons. The summed E-state index contributed by atoms with van der Waals surface area (Å²) in [5.41, 5.74) is 1.31. The van der Waals surface area contributed by atoms with Gasteiger partial charge >= 0.3 is 5.97 Å². The van der Waals surface area contributed by atoms with Gasteiger partial charge in [0.05, 0.1) is 17.9 Å². The van der Waals surface area contributed by atoms with Crippen LogP contribution in [-0.2, 0) is 35.4 Å². The lowest BCUT2D eigenvalue weighted by Gasteiger charge is -2.26. The van der Waals surface area contributed by atoms with E-state index in [0.29, 0.717) is 17.7 Å². The minimum absolute atomic E-state index is 0.0144. The number of hydrogen-bond acceptors (Lipinski definition) is 6. The van der Waals surface area contributed by atoms with Crippen LogP contribution in [0.2, 0.25) is 0 Å². The summed E-state index contributed by atoms with van der Waals surface area (Å²) >= 11 is 0. The van der Waals surface area contributed by atoms with Crippen molar-refractivity contribution < 1.29 is 27.5 Å². The van der Waals surface area contributed by atoms with Gasteiger partial charge in [-0.25, -0.2) is 8.42 Å². The minimum Gasteiger partial charge on any atom is -0.452 e. The topological polar surface area (TPSA) is 110 Å². The summed E-state index contributed by atoms with van der Waals surface area (Å²) in [5, 5.41) is 2.63. The standard InChI is InChI=1S/C18H24N2O6S/c1-12(18(23)20(3)16-8-9-27(24,25)11-16)26-17(22)10-14-4-6-15(7-5-14)19-13(2)21/h4-7,12,16H,8-11H2,1-3H3,(H,19,21)/t12-,16+/m0/s1. The molecule has 0 bridgehead atoms. The predicted octanol–water partition coefficient (Wildman–Crippen LogP) is 0.765. The molecule has 8 nitrogen and oxygen atoms in total. The molecule has 0 aromatic heterocycles. The number of carbonyl (C=O) groups is 3. The Kier molecular flexibility index (Phi) is 6.59. The fourth-order valence-electron chi connectivity index (χ4n) is 2.91. The van der Waals surface area contributed by atoms with Gasteiger partial charge in [-0.2, -0.15) is 0 Å². The zero-order valence-electron chi connectivity index (χ0n) is 15.6. The van der Waals surface area contributed by atoms with Gasteiger partial charge in [0.25, 0.3) is 5.91 Å². The molecule has 1 aromatic carbocycles. The van der Waals surface area contributed by atoms with E-state index in [1.54, 1.807) is 24.3 Å². The fraction of sp³-hybridized carbons (Fsp3) is 0.500. The first-order valence-electron chi connectivity index (χ1n) is 8.60. The van der Waals surface area contributed by atoms with Crippen molar-refractivity contribution >= 4 is 33.3 Å². The molecule has 2 atom stereocenters. The number of likely N-dealkylation sites (N-methyl/N-ethyl adjacent to an activating group) is 1. The molecule has 9 heteroatoms. The Hall–Kier alpha value is -2.42. The van der Waals surface area contributed by atoms with Crippen LogP contribution in [0.3, 0.4) is 0 Å². The van der Waals surface area contributed by atoms with Gasteiger partial charge in [-0.3, -0.25) is 14.4 Å². The summed E-state index contributed by atoms with van der Waals surface area (Å²) in [7, 11) is -1.58. The van der Waals surface area contributed by atoms with Crippen LogP contribution < -0.4 is 5.32 Å². The maximum Gasteiger partial charge on any atom is 0.311 e. The van der Waals surface area contributed by atoms with Crippen LogP contribution in [-0.4, -0.2) is 61.8 Å². The predicted molar refractivity (Wildman–Crippen MR) is 99.8 cm³/mol. The molecule has 1 fully saturated rings. The maximum absolute atomic E-state index is 12.4. The summed E-state index contributed by atoms with van der Waals surface area (Å²) in [5.74, 6) is -1.16. The SMILES string of the molecule is CC(=O)Nc1ccc(CC(=O)O[C@@H](C)C(=O)N(C)[C@@H]2CCS(=O)(=O)C2)cc1. The smallest absolute Gasteiger partial charge is 0.311 e. The fourth-order valence-corrected chi connectivity index (χ4v) is 4.69. The lowest BCUT2D eigenvalue weighted by molar-refractivity contribution is -0.158. The Labute approximate surface area is 158 Å². The lowest BCUT2D eigenvalue weighted by atomic mass is 10.1. The first-order valence-corrected chi connectivity index (χ1v) is 10.4. The second-order valence-electron chi connectivity index (χ2n) is 6.69. The highest BCUT2D eigenvalue weighted by atomic mass is 32.2. The molecule has 0 radical (unpaired) electrons. The maximum atomic E-state index is 12.4. The largest absolute Gasteiger partial charge is 0.452 e. The Morgan fingerprint density at radius 2 is 1.89 bits per heavy atom. The average Bonchev–Trinajstić information content (AvgIpc) is 2.94. The molecular weight excluding hydrogens is 372 g/mol. The van der Waals surface area contributed by atoms with Crippen LogP contribution in [0.15, 0.2) is 24.3 Å². The molecule has 2 amide bonds. The van der Waals surface area contributed by atoms with Crippen LogP contribution in [0.1, 0.15) is 25.8 Å². The van der Waals surface area contributed by atoms with Crippen molar-refractivity contribution in [2.45, 2.75) is 38.8 Å². The third-order valence-corrected chi connectivity index (χ3v) is 6.13. The molecule has 1 saturated heterocycles. The number of nitrogens with zero attached hydrogens (tertiary/aromatic N) is 1. The third-order valence-electron chi connectivity index (χ3n) is 4.38. The highest BCUT2D eigenvalue weighted by Crippen LogP contribution is 2.18. The van der Waals surface area contributed by atoms with Crippen LogP contribution in [0.5, 0.6) is 0 Å². The number of sulfone groups is 1. The molecule has 2 rings (SSSR count). The van der Waals surface area contributed by atoms with Crippen molar-refractivity contribution in [3.63, 3.8) is 0 Å². The number of anilines is 1. The Balaban J connectivity index is 1.87. The van der Waals surface area contributed by atoms with E-state index < -0.39 is 27.8 Å². The summed E-state index contributed by atoms with van der Waals surface area (Å²) in [4.78, 5) is 36.8. The highest BCUT2D eigenvalue weighted by Gasteiger charge is 2.34. The molecule has 1 aliphatic rings. The normalized spacial score (nSPS) is 19.1. The number of benzene rings is 1. The minimum atomic E-state index is -3.10. The van der Waals surface area contributed by atoms with Gasteiger partial charge in [0.2, 0.25) is 5.91 Å². The molecule has 0 saturated carbocycles. The molecule has 0 unspecified atom stereocenters. The molecule has 0 aliphatic carbocycles. The van der Waals surface area contributed by atoms with Gasteiger partial charge < -0.3 is 15.0 Å². The van der Waals surface area contributed by atoms with E-state index >= 15 is 0 Å². The molecule has 1 aromatic rings. The first-order chi connectivity index (χ1) is 12.6. The number of ether oxygens (including phenoxy) is 1. The Bertz CT molecular complexity index is 819. The van der Waals surface area contributed by atoms with Gasteiger partial charge in [-0.05, 0) is 31.0 Å². The third kappa shape index (κ3) is 6.06. The van der Waals surface area contributed by atoms with E-state index in [1.165, 1.54) is 25.8 Å². The summed E-state index contributed by atoms with van der Waals surface area (Å²) in [6, 6.07) is 6.34. The van der Waals surface area contributed by atoms with Crippen LogP contribution in [0.4, 0.5) is 5.69 Å². The zero-order chi connectivity index (χ0) is 20.2. The average molecular weight is 396 g/mol. The first kappa shape index (κ1) is 20.9. The van der Waals surface area contributed by atoms with Crippen LogP contribution in [0.25, 0.3) is 0 Å². The van der Waals surface area contributed by atoms with Gasteiger partial charge in [0, 0.05) is 25.7 Å².